The molecule has 0 spiro atoms. The molecule has 0 amide bonds. The minimum Gasteiger partial charge on any atom is -0.382 e. The van der Waals surface area contributed by atoms with Gasteiger partial charge in [-0.25, -0.2) is 0 Å². The van der Waals surface area contributed by atoms with E-state index in [1.807, 2.05) is 42.5 Å². The van der Waals surface area contributed by atoms with Crippen LogP contribution < -0.4 is 0 Å². The van der Waals surface area contributed by atoms with Crippen LogP contribution in [0.2, 0.25) is 0 Å². The molecule has 19 heavy (non-hydrogen) atoms. The van der Waals surface area contributed by atoms with E-state index in [0.29, 0.717) is 5.56 Å². The normalized spacial score (nSPS) is 11.3. The van der Waals surface area contributed by atoms with Gasteiger partial charge in [-0.05, 0) is 38.1 Å². The predicted octanol–water partition coefficient (Wildman–Crippen LogP) is 3.79. The van der Waals surface area contributed by atoms with Crippen molar-refractivity contribution >= 4 is 17.5 Å². The molecule has 0 radical (unpaired) electrons. The summed E-state index contributed by atoms with van der Waals surface area (Å²) in [6, 6.07) is 17.4. The fourth-order valence-corrected chi connectivity index (χ4v) is 2.49. The Morgan fingerprint density at radius 3 is 2.00 bits per heavy atom. The third-order valence-corrected chi connectivity index (χ3v) is 3.67. The van der Waals surface area contributed by atoms with E-state index in [1.54, 1.807) is 23.9 Å². The number of ketones is 1. The molecule has 98 valence electrons. The van der Waals surface area contributed by atoms with Crippen LogP contribution in [0, 0.1) is 0 Å². The molecule has 2 aromatic carbocycles. The molecule has 2 aromatic rings. The van der Waals surface area contributed by atoms with Crippen LogP contribution in [0.5, 0.6) is 0 Å². The Hall–Kier alpha value is -1.58. The van der Waals surface area contributed by atoms with Crippen molar-refractivity contribution in [1.82, 2.24) is 0 Å². The number of carbonyl (C=O) groups excluding carboxylic acids is 1. The quantitative estimate of drug-likeness (QED) is 0.860. The van der Waals surface area contributed by atoms with Crippen LogP contribution in [0.25, 0.3) is 0 Å². The maximum absolute atomic E-state index is 11.9. The molecule has 0 heterocycles. The van der Waals surface area contributed by atoms with Gasteiger partial charge < -0.3 is 5.11 Å². The van der Waals surface area contributed by atoms with Gasteiger partial charge in [0.25, 0.3) is 0 Å². The molecule has 0 bridgehead atoms. The second kappa shape index (κ2) is 5.59. The third-order valence-electron chi connectivity index (χ3n) is 2.65. The number of benzene rings is 2. The minimum atomic E-state index is -1.33. The zero-order chi connectivity index (χ0) is 13.9. The van der Waals surface area contributed by atoms with Crippen LogP contribution in [0.1, 0.15) is 24.2 Å². The Morgan fingerprint density at radius 2 is 1.47 bits per heavy atom. The maximum Gasteiger partial charge on any atom is 0.193 e. The zero-order valence-electron chi connectivity index (χ0n) is 11.0. The maximum atomic E-state index is 11.9. The van der Waals surface area contributed by atoms with E-state index < -0.39 is 5.60 Å². The molecule has 0 unspecified atom stereocenters. The summed E-state index contributed by atoms with van der Waals surface area (Å²) in [6.07, 6.45) is 0. The van der Waals surface area contributed by atoms with Crippen LogP contribution in [0.3, 0.4) is 0 Å². The first-order valence-corrected chi connectivity index (χ1v) is 6.88. The fraction of sp³-hybridized carbons (Fsp3) is 0.188. The molecule has 1 N–H and O–H groups in total. The average molecular weight is 272 g/mol. The molecule has 0 aliphatic heterocycles. The number of hydrogen-bond donors (Lipinski definition) is 1. The molecule has 3 heteroatoms. The highest BCUT2D eigenvalue weighted by Crippen LogP contribution is 2.27. The number of aliphatic hydroxyl groups is 1. The molecule has 0 aromatic heterocycles. The first-order valence-electron chi connectivity index (χ1n) is 6.07. The Morgan fingerprint density at radius 1 is 0.947 bits per heavy atom. The van der Waals surface area contributed by atoms with Crippen molar-refractivity contribution < 1.29 is 9.90 Å². The van der Waals surface area contributed by atoms with Gasteiger partial charge in [0.05, 0.1) is 0 Å². The monoisotopic (exact) mass is 272 g/mol. The van der Waals surface area contributed by atoms with Gasteiger partial charge in [0.2, 0.25) is 0 Å². The lowest BCUT2D eigenvalue weighted by atomic mass is 9.97. The SMILES string of the molecule is CC(C)(O)C(=O)c1ccc(Sc2ccccc2)cc1. The molecule has 0 saturated heterocycles. The highest BCUT2D eigenvalue weighted by Gasteiger charge is 2.24. The van der Waals surface area contributed by atoms with Crippen LogP contribution in [0.15, 0.2) is 64.4 Å². The summed E-state index contributed by atoms with van der Waals surface area (Å²) in [4.78, 5) is 14.1. The van der Waals surface area contributed by atoms with Gasteiger partial charge in [-0.1, -0.05) is 42.1 Å². The number of Topliss-reactive ketones (excluding diaryl/α,β-unsaturated/α-hetero) is 1. The molecule has 0 atom stereocenters. The molecule has 2 rings (SSSR count). The topological polar surface area (TPSA) is 37.3 Å². The molecule has 0 aliphatic rings. The Bertz CT molecular complexity index is 554. The fourth-order valence-electron chi connectivity index (χ4n) is 1.65. The summed E-state index contributed by atoms with van der Waals surface area (Å²) in [5.41, 5.74) is -0.793. The van der Waals surface area contributed by atoms with Gasteiger partial charge in [-0.15, -0.1) is 0 Å². The van der Waals surface area contributed by atoms with Crippen molar-refractivity contribution in [2.75, 3.05) is 0 Å². The van der Waals surface area contributed by atoms with Gasteiger partial charge >= 0.3 is 0 Å². The van der Waals surface area contributed by atoms with E-state index in [4.69, 9.17) is 0 Å². The van der Waals surface area contributed by atoms with Crippen LogP contribution in [-0.2, 0) is 0 Å². The van der Waals surface area contributed by atoms with Crippen LogP contribution >= 0.6 is 11.8 Å². The van der Waals surface area contributed by atoms with Crippen molar-refractivity contribution in [3.05, 3.63) is 60.2 Å². The van der Waals surface area contributed by atoms with E-state index in [0.717, 1.165) is 9.79 Å². The molecule has 2 nitrogen and oxygen atoms in total. The van der Waals surface area contributed by atoms with Crippen molar-refractivity contribution in [1.29, 1.82) is 0 Å². The Balaban J connectivity index is 2.13. The highest BCUT2D eigenvalue weighted by molar-refractivity contribution is 7.99. The van der Waals surface area contributed by atoms with E-state index in [2.05, 4.69) is 0 Å². The van der Waals surface area contributed by atoms with Crippen LogP contribution in [-0.4, -0.2) is 16.5 Å². The largest absolute Gasteiger partial charge is 0.382 e. The Kier molecular flexibility index (Phi) is 4.08. The van der Waals surface area contributed by atoms with Crippen molar-refractivity contribution in [3.63, 3.8) is 0 Å². The van der Waals surface area contributed by atoms with Crippen molar-refractivity contribution in [2.45, 2.75) is 29.2 Å². The average Bonchev–Trinajstić information content (AvgIpc) is 2.39. The number of hydrogen-bond acceptors (Lipinski definition) is 3. The highest BCUT2D eigenvalue weighted by atomic mass is 32.2. The van der Waals surface area contributed by atoms with Crippen molar-refractivity contribution in [2.24, 2.45) is 0 Å². The molecular formula is C16H16O2S. The zero-order valence-corrected chi connectivity index (χ0v) is 11.8. The lowest BCUT2D eigenvalue weighted by molar-refractivity contribution is 0.0488. The summed E-state index contributed by atoms with van der Waals surface area (Å²) < 4.78 is 0. The minimum absolute atomic E-state index is 0.260. The molecule has 0 aliphatic carbocycles. The standard InChI is InChI=1S/C16H16O2S/c1-16(2,18)15(17)12-8-10-14(11-9-12)19-13-6-4-3-5-7-13/h3-11,18H,1-2H3. The van der Waals surface area contributed by atoms with Gasteiger partial charge in [0, 0.05) is 15.4 Å². The van der Waals surface area contributed by atoms with Gasteiger partial charge in [-0.3, -0.25) is 4.79 Å². The molecular weight excluding hydrogens is 256 g/mol. The lowest BCUT2D eigenvalue weighted by Gasteiger charge is -2.15. The van der Waals surface area contributed by atoms with Crippen LogP contribution in [0.4, 0.5) is 0 Å². The summed E-state index contributed by atoms with van der Waals surface area (Å²) in [6.45, 7) is 3.00. The number of carbonyl (C=O) groups is 1. The van der Waals surface area contributed by atoms with E-state index in [-0.39, 0.29) is 5.78 Å². The summed E-state index contributed by atoms with van der Waals surface area (Å²) in [5, 5.41) is 9.69. The summed E-state index contributed by atoms with van der Waals surface area (Å²) in [5.74, 6) is -0.260. The van der Waals surface area contributed by atoms with E-state index in [9.17, 15) is 9.90 Å². The second-order valence-corrected chi connectivity index (χ2v) is 5.97. The van der Waals surface area contributed by atoms with Gasteiger partial charge in [0.15, 0.2) is 5.78 Å². The van der Waals surface area contributed by atoms with E-state index in [1.165, 1.54) is 13.8 Å². The summed E-state index contributed by atoms with van der Waals surface area (Å²) >= 11 is 1.64. The molecule has 0 fully saturated rings. The first kappa shape index (κ1) is 13.8. The lowest BCUT2D eigenvalue weighted by Crippen LogP contribution is -2.30. The second-order valence-electron chi connectivity index (χ2n) is 4.83. The first-order chi connectivity index (χ1) is 8.97. The van der Waals surface area contributed by atoms with E-state index >= 15 is 0 Å². The van der Waals surface area contributed by atoms with Gasteiger partial charge in [0.1, 0.15) is 5.60 Å². The predicted molar refractivity (Wildman–Crippen MR) is 77.6 cm³/mol. The number of rotatable bonds is 4. The summed E-state index contributed by atoms with van der Waals surface area (Å²) in [7, 11) is 0. The Labute approximate surface area is 117 Å². The molecule has 0 saturated carbocycles. The van der Waals surface area contributed by atoms with Crippen molar-refractivity contribution in [3.8, 4) is 0 Å². The van der Waals surface area contributed by atoms with Gasteiger partial charge in [-0.2, -0.15) is 0 Å². The smallest absolute Gasteiger partial charge is 0.193 e. The third kappa shape index (κ3) is 3.69.